The van der Waals surface area contributed by atoms with Crippen LogP contribution in [0.1, 0.15) is 41.8 Å². The van der Waals surface area contributed by atoms with Gasteiger partial charge < -0.3 is 15.0 Å². The molecule has 0 aromatic carbocycles. The number of hydrogen-bond acceptors (Lipinski definition) is 5. The maximum absolute atomic E-state index is 12.1. The number of piperidine rings is 1. The van der Waals surface area contributed by atoms with Gasteiger partial charge in [-0.1, -0.05) is 0 Å². The zero-order chi connectivity index (χ0) is 16.8. The van der Waals surface area contributed by atoms with E-state index in [4.69, 9.17) is 4.74 Å². The van der Waals surface area contributed by atoms with Crippen LogP contribution in [0.4, 0.5) is 4.79 Å². The van der Waals surface area contributed by atoms with Gasteiger partial charge in [-0.15, -0.1) is 11.3 Å². The molecule has 2 amide bonds. The van der Waals surface area contributed by atoms with Gasteiger partial charge in [0.1, 0.15) is 0 Å². The molecule has 7 heteroatoms. The van der Waals surface area contributed by atoms with E-state index in [9.17, 15) is 9.59 Å². The molecule has 0 bridgehead atoms. The lowest BCUT2D eigenvalue weighted by atomic mass is 10.1. The van der Waals surface area contributed by atoms with Crippen molar-refractivity contribution in [3.8, 4) is 0 Å². The number of thiazole rings is 1. The lowest BCUT2D eigenvalue weighted by molar-refractivity contribution is -0.122. The Balaban J connectivity index is 1.70. The molecule has 2 rings (SSSR count). The van der Waals surface area contributed by atoms with Crippen molar-refractivity contribution in [1.82, 2.24) is 15.2 Å². The van der Waals surface area contributed by atoms with Crippen molar-refractivity contribution in [2.24, 2.45) is 0 Å². The van der Waals surface area contributed by atoms with Gasteiger partial charge in [-0.2, -0.15) is 0 Å². The van der Waals surface area contributed by atoms with Gasteiger partial charge in [0.2, 0.25) is 5.91 Å². The number of nitrogens with one attached hydrogen (secondary N) is 1. The number of carbonyl (C=O) groups is 2. The Labute approximate surface area is 141 Å². The van der Waals surface area contributed by atoms with E-state index in [-0.39, 0.29) is 18.0 Å². The Morgan fingerprint density at radius 3 is 2.61 bits per heavy atom. The van der Waals surface area contributed by atoms with Crippen molar-refractivity contribution in [3.05, 3.63) is 15.6 Å². The zero-order valence-electron chi connectivity index (χ0n) is 14.1. The molecule has 1 aromatic heterocycles. The van der Waals surface area contributed by atoms with Crippen LogP contribution in [0.2, 0.25) is 0 Å². The quantitative estimate of drug-likeness (QED) is 0.894. The largest absolute Gasteiger partial charge is 0.450 e. The van der Waals surface area contributed by atoms with Crippen LogP contribution < -0.4 is 5.32 Å². The molecule has 0 spiro atoms. The van der Waals surface area contributed by atoms with Gasteiger partial charge in [0.25, 0.3) is 0 Å². The molecule has 1 aromatic rings. The number of carbonyl (C=O) groups excluding carboxylic acids is 2. The van der Waals surface area contributed by atoms with E-state index in [0.717, 1.165) is 30.0 Å². The molecule has 0 radical (unpaired) electrons. The Morgan fingerprint density at radius 1 is 1.35 bits per heavy atom. The third-order valence-corrected chi connectivity index (χ3v) is 5.10. The molecule has 128 valence electrons. The normalized spacial score (nSPS) is 15.5. The van der Waals surface area contributed by atoms with E-state index in [0.29, 0.717) is 26.1 Å². The standard InChI is InChI=1S/C16H25N3O3S/c1-4-22-16(21)19-9-7-13(8-10-19)18-15(20)6-5-14-11(2)17-12(3)23-14/h13H,4-10H2,1-3H3,(H,18,20). The highest BCUT2D eigenvalue weighted by Crippen LogP contribution is 2.19. The number of aromatic nitrogens is 1. The third-order valence-electron chi connectivity index (χ3n) is 3.96. The predicted octanol–water partition coefficient (Wildman–Crippen LogP) is 2.43. The molecule has 1 aliphatic rings. The predicted molar refractivity (Wildman–Crippen MR) is 89.7 cm³/mol. The van der Waals surface area contributed by atoms with Gasteiger partial charge in [-0.05, 0) is 40.0 Å². The molecule has 2 heterocycles. The summed E-state index contributed by atoms with van der Waals surface area (Å²) in [6.07, 6.45) is 2.53. The molecule has 0 unspecified atom stereocenters. The maximum atomic E-state index is 12.1. The van der Waals surface area contributed by atoms with Gasteiger partial charge in [0, 0.05) is 30.4 Å². The summed E-state index contributed by atoms with van der Waals surface area (Å²) in [5.41, 5.74) is 1.03. The number of amides is 2. The van der Waals surface area contributed by atoms with Gasteiger partial charge in [0.15, 0.2) is 0 Å². The maximum Gasteiger partial charge on any atom is 0.409 e. The van der Waals surface area contributed by atoms with Crippen molar-refractivity contribution < 1.29 is 14.3 Å². The number of nitrogens with zero attached hydrogens (tertiary/aromatic N) is 2. The highest BCUT2D eigenvalue weighted by Gasteiger charge is 2.24. The van der Waals surface area contributed by atoms with Crippen LogP contribution in [0.15, 0.2) is 0 Å². The minimum absolute atomic E-state index is 0.0741. The molecule has 0 saturated carbocycles. The van der Waals surface area contributed by atoms with Gasteiger partial charge in [0.05, 0.1) is 17.3 Å². The van der Waals surface area contributed by atoms with E-state index in [1.54, 1.807) is 23.2 Å². The number of hydrogen-bond donors (Lipinski definition) is 1. The molecular weight excluding hydrogens is 314 g/mol. The smallest absolute Gasteiger partial charge is 0.409 e. The summed E-state index contributed by atoms with van der Waals surface area (Å²) in [6.45, 7) is 7.44. The Kier molecular flexibility index (Phi) is 6.38. The van der Waals surface area contributed by atoms with Crippen LogP contribution in [0, 0.1) is 13.8 Å². The molecular formula is C16H25N3O3S. The molecule has 0 aliphatic carbocycles. The molecule has 1 N–H and O–H groups in total. The van der Waals surface area contributed by atoms with Crippen molar-refractivity contribution >= 4 is 23.3 Å². The number of ether oxygens (including phenoxy) is 1. The van der Waals surface area contributed by atoms with Crippen molar-refractivity contribution in [3.63, 3.8) is 0 Å². The van der Waals surface area contributed by atoms with Crippen molar-refractivity contribution in [2.75, 3.05) is 19.7 Å². The van der Waals surface area contributed by atoms with E-state index in [2.05, 4.69) is 10.3 Å². The first-order chi connectivity index (χ1) is 11.0. The molecule has 1 fully saturated rings. The summed E-state index contributed by atoms with van der Waals surface area (Å²) < 4.78 is 4.99. The summed E-state index contributed by atoms with van der Waals surface area (Å²) in [5.74, 6) is 0.0741. The fraction of sp³-hybridized carbons (Fsp3) is 0.688. The van der Waals surface area contributed by atoms with E-state index >= 15 is 0 Å². The van der Waals surface area contributed by atoms with Gasteiger partial charge >= 0.3 is 6.09 Å². The second-order valence-electron chi connectivity index (χ2n) is 5.77. The van der Waals surface area contributed by atoms with Gasteiger partial charge in [-0.3, -0.25) is 4.79 Å². The van der Waals surface area contributed by atoms with Crippen LogP contribution in [0.3, 0.4) is 0 Å². The molecule has 23 heavy (non-hydrogen) atoms. The van der Waals surface area contributed by atoms with Crippen LogP contribution in [0.25, 0.3) is 0 Å². The zero-order valence-corrected chi connectivity index (χ0v) is 14.9. The fourth-order valence-electron chi connectivity index (χ4n) is 2.75. The first kappa shape index (κ1) is 17.7. The Bertz CT molecular complexity index is 551. The SMILES string of the molecule is CCOC(=O)N1CCC(NC(=O)CCc2sc(C)nc2C)CC1. The van der Waals surface area contributed by atoms with Gasteiger partial charge in [-0.25, -0.2) is 9.78 Å². The van der Waals surface area contributed by atoms with Crippen LogP contribution >= 0.6 is 11.3 Å². The number of aryl methyl sites for hydroxylation is 3. The summed E-state index contributed by atoms with van der Waals surface area (Å²) >= 11 is 1.66. The summed E-state index contributed by atoms with van der Waals surface area (Å²) in [5, 5.41) is 4.12. The second-order valence-corrected chi connectivity index (χ2v) is 7.06. The van der Waals surface area contributed by atoms with E-state index in [1.165, 1.54) is 4.88 Å². The molecule has 0 atom stereocenters. The number of rotatable bonds is 5. The van der Waals surface area contributed by atoms with Crippen LogP contribution in [0.5, 0.6) is 0 Å². The van der Waals surface area contributed by atoms with E-state index in [1.807, 2.05) is 13.8 Å². The van der Waals surface area contributed by atoms with E-state index < -0.39 is 0 Å². The molecule has 6 nitrogen and oxygen atoms in total. The fourth-order valence-corrected chi connectivity index (χ4v) is 3.69. The Hall–Kier alpha value is -1.63. The topological polar surface area (TPSA) is 71.5 Å². The minimum atomic E-state index is -0.256. The Morgan fingerprint density at radius 2 is 2.04 bits per heavy atom. The van der Waals surface area contributed by atoms with Crippen molar-refractivity contribution in [2.45, 2.75) is 52.5 Å². The minimum Gasteiger partial charge on any atom is -0.450 e. The lowest BCUT2D eigenvalue weighted by Gasteiger charge is -2.31. The van der Waals surface area contributed by atoms with Crippen LogP contribution in [-0.2, 0) is 16.0 Å². The summed E-state index contributed by atoms with van der Waals surface area (Å²) in [6, 6.07) is 0.150. The monoisotopic (exact) mass is 339 g/mol. The average Bonchev–Trinajstić information content (AvgIpc) is 2.84. The number of likely N-dealkylation sites (tertiary alicyclic amines) is 1. The molecule has 1 aliphatic heterocycles. The van der Waals surface area contributed by atoms with Crippen molar-refractivity contribution in [1.29, 1.82) is 0 Å². The summed E-state index contributed by atoms with van der Waals surface area (Å²) in [4.78, 5) is 31.0. The third kappa shape index (κ3) is 5.20. The van der Waals surface area contributed by atoms with Crippen LogP contribution in [-0.4, -0.2) is 47.6 Å². The highest BCUT2D eigenvalue weighted by atomic mass is 32.1. The highest BCUT2D eigenvalue weighted by molar-refractivity contribution is 7.11. The average molecular weight is 339 g/mol. The first-order valence-corrected chi connectivity index (χ1v) is 8.95. The summed E-state index contributed by atoms with van der Waals surface area (Å²) in [7, 11) is 0. The lowest BCUT2D eigenvalue weighted by Crippen LogP contribution is -2.46. The first-order valence-electron chi connectivity index (χ1n) is 8.13. The molecule has 1 saturated heterocycles. The second kappa shape index (κ2) is 8.29.